The van der Waals surface area contributed by atoms with Gasteiger partial charge in [0.15, 0.2) is 0 Å². The van der Waals surface area contributed by atoms with Crippen molar-refractivity contribution in [2.75, 3.05) is 13.7 Å². The summed E-state index contributed by atoms with van der Waals surface area (Å²) >= 11 is 0. The highest BCUT2D eigenvalue weighted by molar-refractivity contribution is 5.87. The zero-order valence-electron chi connectivity index (χ0n) is 11.6. The number of amides is 1. The molecule has 1 aromatic heterocycles. The van der Waals surface area contributed by atoms with E-state index in [1.165, 1.54) is 16.6 Å². The summed E-state index contributed by atoms with van der Waals surface area (Å²) in [5.41, 5.74) is 3.67. The van der Waals surface area contributed by atoms with E-state index in [-0.39, 0.29) is 0 Å². The Balaban J connectivity index is 1.69. The summed E-state index contributed by atoms with van der Waals surface area (Å²) in [6.45, 7) is 1.56. The monoisotopic (exact) mass is 270 g/mol. The predicted octanol–water partition coefficient (Wildman–Crippen LogP) is 2.47. The maximum Gasteiger partial charge on any atom is 0.226 e. The van der Waals surface area contributed by atoms with Crippen molar-refractivity contribution in [3.63, 3.8) is 0 Å². The molecule has 1 fully saturated rings. The van der Waals surface area contributed by atoms with Gasteiger partial charge in [-0.1, -0.05) is 0 Å². The predicted molar refractivity (Wildman–Crippen MR) is 76.7 cm³/mol. The SMILES string of the molecule is COc1ccc2[nH]c3c(c2c1)CCN(C(=O)C1CC1)C3. The minimum Gasteiger partial charge on any atom is -0.497 e. The zero-order valence-corrected chi connectivity index (χ0v) is 11.6. The van der Waals surface area contributed by atoms with Crippen LogP contribution in [0.25, 0.3) is 10.9 Å². The zero-order chi connectivity index (χ0) is 13.7. The van der Waals surface area contributed by atoms with Crippen molar-refractivity contribution in [2.24, 2.45) is 5.92 Å². The Bertz CT molecular complexity index is 685. The van der Waals surface area contributed by atoms with Crippen LogP contribution >= 0.6 is 0 Å². The Morgan fingerprint density at radius 3 is 3.00 bits per heavy atom. The highest BCUT2D eigenvalue weighted by Gasteiger charge is 2.35. The first-order valence-electron chi connectivity index (χ1n) is 7.22. The molecule has 2 heterocycles. The molecule has 0 spiro atoms. The second-order valence-corrected chi connectivity index (χ2v) is 5.78. The van der Waals surface area contributed by atoms with E-state index >= 15 is 0 Å². The third-order valence-corrected chi connectivity index (χ3v) is 4.42. The third-order valence-electron chi connectivity index (χ3n) is 4.42. The highest BCUT2D eigenvalue weighted by Crippen LogP contribution is 2.34. The maximum absolute atomic E-state index is 12.2. The first kappa shape index (κ1) is 11.8. The normalized spacial score (nSPS) is 18.1. The number of hydrogen-bond acceptors (Lipinski definition) is 2. The van der Waals surface area contributed by atoms with E-state index in [0.717, 1.165) is 43.6 Å². The fourth-order valence-corrected chi connectivity index (χ4v) is 3.12. The lowest BCUT2D eigenvalue weighted by molar-refractivity contribution is -0.133. The van der Waals surface area contributed by atoms with Crippen LogP contribution < -0.4 is 4.74 Å². The van der Waals surface area contributed by atoms with Gasteiger partial charge in [-0.25, -0.2) is 0 Å². The fourth-order valence-electron chi connectivity index (χ4n) is 3.12. The minimum absolute atomic E-state index is 0.307. The van der Waals surface area contributed by atoms with Crippen LogP contribution in [0.1, 0.15) is 24.1 Å². The number of nitrogens with zero attached hydrogens (tertiary/aromatic N) is 1. The van der Waals surface area contributed by atoms with Crippen LogP contribution in [-0.2, 0) is 17.8 Å². The third kappa shape index (κ3) is 1.79. The molecule has 2 aromatic rings. The molecule has 1 saturated carbocycles. The van der Waals surface area contributed by atoms with E-state index < -0.39 is 0 Å². The minimum atomic E-state index is 0.307. The van der Waals surface area contributed by atoms with E-state index in [1.807, 2.05) is 11.0 Å². The lowest BCUT2D eigenvalue weighted by Crippen LogP contribution is -2.36. The molecule has 0 unspecified atom stereocenters. The summed E-state index contributed by atoms with van der Waals surface area (Å²) in [6, 6.07) is 6.11. The number of fused-ring (bicyclic) bond motifs is 3. The van der Waals surface area contributed by atoms with Crippen LogP contribution in [0.3, 0.4) is 0 Å². The average Bonchev–Trinajstić information content (AvgIpc) is 3.26. The van der Waals surface area contributed by atoms with Crippen molar-refractivity contribution in [1.29, 1.82) is 0 Å². The molecule has 4 heteroatoms. The van der Waals surface area contributed by atoms with Gasteiger partial charge in [-0.05, 0) is 43.0 Å². The standard InChI is InChI=1S/C16H18N2O2/c1-20-11-4-5-14-13(8-11)12-6-7-18(9-15(12)17-14)16(19)10-2-3-10/h4-5,8,10,17H,2-3,6-7,9H2,1H3. The van der Waals surface area contributed by atoms with Crippen LogP contribution in [0.2, 0.25) is 0 Å². The Kier molecular flexibility index (Phi) is 2.52. The van der Waals surface area contributed by atoms with Crippen molar-refractivity contribution in [2.45, 2.75) is 25.8 Å². The number of rotatable bonds is 2. The van der Waals surface area contributed by atoms with Crippen molar-refractivity contribution in [3.8, 4) is 5.75 Å². The van der Waals surface area contributed by atoms with Gasteiger partial charge in [0.05, 0.1) is 13.7 Å². The fraction of sp³-hybridized carbons (Fsp3) is 0.438. The molecule has 0 saturated heterocycles. The summed E-state index contributed by atoms with van der Waals surface area (Å²) in [5.74, 6) is 1.53. The smallest absolute Gasteiger partial charge is 0.226 e. The first-order valence-corrected chi connectivity index (χ1v) is 7.22. The van der Waals surface area contributed by atoms with Crippen LogP contribution in [0.15, 0.2) is 18.2 Å². The molecule has 0 bridgehead atoms. The number of methoxy groups -OCH3 is 1. The van der Waals surface area contributed by atoms with Crippen LogP contribution in [0.4, 0.5) is 0 Å². The Morgan fingerprint density at radius 2 is 2.25 bits per heavy atom. The number of aromatic amines is 1. The molecule has 4 nitrogen and oxygen atoms in total. The Labute approximate surface area is 117 Å². The molecule has 20 heavy (non-hydrogen) atoms. The van der Waals surface area contributed by atoms with E-state index in [4.69, 9.17) is 4.74 Å². The number of hydrogen-bond donors (Lipinski definition) is 1. The largest absolute Gasteiger partial charge is 0.497 e. The molecule has 0 radical (unpaired) electrons. The lowest BCUT2D eigenvalue weighted by atomic mass is 10.0. The van der Waals surface area contributed by atoms with E-state index in [2.05, 4.69) is 17.1 Å². The quantitative estimate of drug-likeness (QED) is 0.911. The number of carbonyl (C=O) groups is 1. The van der Waals surface area contributed by atoms with Gasteiger partial charge in [-0.15, -0.1) is 0 Å². The van der Waals surface area contributed by atoms with Crippen molar-refractivity contribution in [3.05, 3.63) is 29.5 Å². The van der Waals surface area contributed by atoms with Crippen LogP contribution in [-0.4, -0.2) is 29.4 Å². The summed E-state index contributed by atoms with van der Waals surface area (Å²) in [5, 5.41) is 1.23. The summed E-state index contributed by atoms with van der Waals surface area (Å²) in [4.78, 5) is 17.6. The number of ether oxygens (including phenoxy) is 1. The molecular weight excluding hydrogens is 252 g/mol. The van der Waals surface area contributed by atoms with Gasteiger partial charge in [0.1, 0.15) is 5.75 Å². The van der Waals surface area contributed by atoms with E-state index in [9.17, 15) is 4.79 Å². The maximum atomic E-state index is 12.2. The van der Waals surface area contributed by atoms with E-state index in [0.29, 0.717) is 11.8 Å². The Morgan fingerprint density at radius 1 is 1.40 bits per heavy atom. The first-order chi connectivity index (χ1) is 9.76. The molecule has 1 N–H and O–H groups in total. The molecule has 1 aliphatic carbocycles. The van der Waals surface area contributed by atoms with Crippen molar-refractivity contribution >= 4 is 16.8 Å². The average molecular weight is 270 g/mol. The number of aromatic nitrogens is 1. The van der Waals surface area contributed by atoms with Crippen molar-refractivity contribution < 1.29 is 9.53 Å². The lowest BCUT2D eigenvalue weighted by Gasteiger charge is -2.27. The van der Waals surface area contributed by atoms with Gasteiger partial charge >= 0.3 is 0 Å². The Hall–Kier alpha value is -1.97. The summed E-state index contributed by atoms with van der Waals surface area (Å²) < 4.78 is 5.30. The molecule has 1 aliphatic heterocycles. The summed E-state index contributed by atoms with van der Waals surface area (Å²) in [7, 11) is 1.69. The highest BCUT2D eigenvalue weighted by atomic mass is 16.5. The second kappa shape index (κ2) is 4.27. The summed E-state index contributed by atoms with van der Waals surface area (Å²) in [6.07, 6.45) is 3.08. The molecule has 2 aliphatic rings. The van der Waals surface area contributed by atoms with Gasteiger partial charge in [0, 0.05) is 29.1 Å². The van der Waals surface area contributed by atoms with Crippen molar-refractivity contribution in [1.82, 2.24) is 9.88 Å². The number of H-pyrrole nitrogens is 1. The van der Waals surface area contributed by atoms with Crippen LogP contribution in [0, 0.1) is 5.92 Å². The molecule has 1 aromatic carbocycles. The van der Waals surface area contributed by atoms with Gasteiger partial charge in [0.25, 0.3) is 0 Å². The molecule has 1 amide bonds. The van der Waals surface area contributed by atoms with Gasteiger partial charge in [-0.3, -0.25) is 4.79 Å². The molecular formula is C16H18N2O2. The number of benzene rings is 1. The number of nitrogens with one attached hydrogen (secondary N) is 1. The van der Waals surface area contributed by atoms with Gasteiger partial charge in [0.2, 0.25) is 5.91 Å². The van der Waals surface area contributed by atoms with Crippen LogP contribution in [0.5, 0.6) is 5.75 Å². The topological polar surface area (TPSA) is 45.3 Å². The van der Waals surface area contributed by atoms with E-state index in [1.54, 1.807) is 7.11 Å². The molecule has 104 valence electrons. The van der Waals surface area contributed by atoms with Gasteiger partial charge < -0.3 is 14.6 Å². The molecule has 4 rings (SSSR count). The second-order valence-electron chi connectivity index (χ2n) is 5.78. The number of carbonyl (C=O) groups excluding carboxylic acids is 1. The van der Waals surface area contributed by atoms with Gasteiger partial charge in [-0.2, -0.15) is 0 Å². The molecule has 0 atom stereocenters.